The molecule has 1 aliphatic heterocycles. The van der Waals surface area contributed by atoms with Crippen molar-refractivity contribution >= 4 is 11.9 Å². The third kappa shape index (κ3) is 4.00. The van der Waals surface area contributed by atoms with Crippen molar-refractivity contribution in [1.29, 1.82) is 0 Å². The molecule has 120 valence electrons. The summed E-state index contributed by atoms with van der Waals surface area (Å²) in [7, 11) is 0. The van der Waals surface area contributed by atoms with E-state index in [2.05, 4.69) is 5.32 Å². The number of rotatable bonds is 5. The Morgan fingerprint density at radius 2 is 2.14 bits per heavy atom. The van der Waals surface area contributed by atoms with E-state index in [4.69, 9.17) is 9.47 Å². The van der Waals surface area contributed by atoms with Gasteiger partial charge in [-0.25, -0.2) is 8.78 Å². The molecule has 1 N–H and O–H groups in total. The summed E-state index contributed by atoms with van der Waals surface area (Å²) in [5.74, 6) is -3.00. The van der Waals surface area contributed by atoms with Crippen LogP contribution in [0.2, 0.25) is 0 Å². The molecule has 1 saturated heterocycles. The van der Waals surface area contributed by atoms with Crippen LogP contribution in [-0.2, 0) is 19.1 Å². The fourth-order valence-corrected chi connectivity index (χ4v) is 2.36. The number of carbonyl (C=O) groups is 2. The molecule has 1 amide bonds. The first-order valence-corrected chi connectivity index (χ1v) is 7.02. The molecule has 7 heteroatoms. The smallest absolute Gasteiger partial charge is 0.315 e. The van der Waals surface area contributed by atoms with Gasteiger partial charge >= 0.3 is 5.97 Å². The summed E-state index contributed by atoms with van der Waals surface area (Å²) in [4.78, 5) is 23.0. The number of amides is 1. The third-order valence-corrected chi connectivity index (χ3v) is 3.32. The van der Waals surface area contributed by atoms with Crippen molar-refractivity contribution < 1.29 is 27.8 Å². The van der Waals surface area contributed by atoms with Gasteiger partial charge in [0.25, 0.3) is 0 Å². The number of carbonyl (C=O) groups excluding carboxylic acids is 2. The highest BCUT2D eigenvalue weighted by Crippen LogP contribution is 2.30. The normalized spacial score (nSPS) is 20.7. The van der Waals surface area contributed by atoms with E-state index in [9.17, 15) is 18.4 Å². The number of hydrogen-bond acceptors (Lipinski definition) is 4. The van der Waals surface area contributed by atoms with Gasteiger partial charge < -0.3 is 14.8 Å². The average molecular weight is 313 g/mol. The van der Waals surface area contributed by atoms with E-state index in [0.29, 0.717) is 18.6 Å². The second-order valence-electron chi connectivity index (χ2n) is 4.91. The molecule has 22 heavy (non-hydrogen) atoms. The molecule has 0 radical (unpaired) electrons. The highest BCUT2D eigenvalue weighted by atomic mass is 19.2. The zero-order chi connectivity index (χ0) is 16.1. The summed E-state index contributed by atoms with van der Waals surface area (Å²) in [5.41, 5.74) is 0.442. The Hall–Kier alpha value is -2.02. The van der Waals surface area contributed by atoms with E-state index in [1.807, 2.05) is 0 Å². The molecule has 0 spiro atoms. The van der Waals surface area contributed by atoms with Crippen molar-refractivity contribution in [3.8, 4) is 0 Å². The number of hydrogen-bond donors (Lipinski definition) is 1. The minimum Gasteiger partial charge on any atom is -0.466 e. The minimum atomic E-state index is -0.968. The quantitative estimate of drug-likeness (QED) is 0.666. The molecule has 0 bridgehead atoms. The van der Waals surface area contributed by atoms with Crippen molar-refractivity contribution in [3.05, 3.63) is 35.4 Å². The number of halogens is 2. The maximum atomic E-state index is 13.3. The van der Waals surface area contributed by atoms with E-state index in [1.165, 1.54) is 6.07 Å². The van der Waals surface area contributed by atoms with Gasteiger partial charge in [0, 0.05) is 6.61 Å². The van der Waals surface area contributed by atoms with Gasteiger partial charge in [-0.2, -0.15) is 0 Å². The van der Waals surface area contributed by atoms with E-state index < -0.39 is 35.7 Å². The fraction of sp³-hybridized carbons (Fsp3) is 0.467. The van der Waals surface area contributed by atoms with Crippen molar-refractivity contribution in [2.45, 2.75) is 31.9 Å². The Labute approximate surface area is 126 Å². The van der Waals surface area contributed by atoms with Crippen LogP contribution >= 0.6 is 0 Å². The van der Waals surface area contributed by atoms with Gasteiger partial charge in [0.15, 0.2) is 11.6 Å². The number of esters is 1. The van der Waals surface area contributed by atoms with Gasteiger partial charge in [0.1, 0.15) is 12.5 Å². The summed E-state index contributed by atoms with van der Waals surface area (Å²) < 4.78 is 36.4. The van der Waals surface area contributed by atoms with Gasteiger partial charge in [-0.15, -0.1) is 0 Å². The van der Waals surface area contributed by atoms with Crippen LogP contribution in [-0.4, -0.2) is 31.1 Å². The molecule has 5 nitrogen and oxygen atoms in total. The Bertz CT molecular complexity index is 564. The van der Waals surface area contributed by atoms with Gasteiger partial charge in [-0.05, 0) is 31.0 Å². The Kier molecular flexibility index (Phi) is 5.43. The van der Waals surface area contributed by atoms with Gasteiger partial charge in [0.2, 0.25) is 5.91 Å². The lowest BCUT2D eigenvalue weighted by Gasteiger charge is -2.20. The van der Waals surface area contributed by atoms with Crippen molar-refractivity contribution in [1.82, 2.24) is 5.32 Å². The van der Waals surface area contributed by atoms with E-state index in [-0.39, 0.29) is 13.0 Å². The van der Waals surface area contributed by atoms with Crippen LogP contribution in [0.1, 0.15) is 31.4 Å². The predicted octanol–water partition coefficient (Wildman–Crippen LogP) is 1.86. The standard InChI is InChI=1S/C15H17F2NO4/c1-2-21-14(20)8-13(19)18-12-5-6-22-15(12)9-3-4-10(16)11(17)7-9/h3-4,7,12,15H,2,5-6,8H2,1H3,(H,18,19)/t12-,15+/m1/s1. The Morgan fingerprint density at radius 1 is 1.36 bits per heavy atom. The minimum absolute atomic E-state index is 0.204. The lowest BCUT2D eigenvalue weighted by Crippen LogP contribution is -2.38. The summed E-state index contributed by atoms with van der Waals surface area (Å²) in [5, 5.41) is 2.67. The van der Waals surface area contributed by atoms with Crippen LogP contribution in [0.4, 0.5) is 8.78 Å². The molecule has 0 unspecified atom stereocenters. The maximum absolute atomic E-state index is 13.3. The highest BCUT2D eigenvalue weighted by molar-refractivity contribution is 5.94. The molecule has 1 aromatic carbocycles. The van der Waals surface area contributed by atoms with Gasteiger partial charge in [-0.1, -0.05) is 6.07 Å². The molecule has 0 aliphatic carbocycles. The van der Waals surface area contributed by atoms with E-state index in [1.54, 1.807) is 6.92 Å². The van der Waals surface area contributed by atoms with E-state index in [0.717, 1.165) is 12.1 Å². The third-order valence-electron chi connectivity index (χ3n) is 3.32. The van der Waals surface area contributed by atoms with E-state index >= 15 is 0 Å². The topological polar surface area (TPSA) is 64.6 Å². The molecule has 1 aromatic rings. The van der Waals surface area contributed by atoms with Crippen molar-refractivity contribution in [3.63, 3.8) is 0 Å². The number of ether oxygens (including phenoxy) is 2. The number of nitrogens with one attached hydrogen (secondary N) is 1. The molecule has 0 aromatic heterocycles. The molecule has 1 fully saturated rings. The molecule has 2 atom stereocenters. The second-order valence-corrected chi connectivity index (χ2v) is 4.91. The largest absolute Gasteiger partial charge is 0.466 e. The number of benzene rings is 1. The first-order chi connectivity index (χ1) is 10.5. The van der Waals surface area contributed by atoms with Crippen LogP contribution in [0.15, 0.2) is 18.2 Å². The second kappa shape index (κ2) is 7.31. The Balaban J connectivity index is 1.99. The molecule has 1 aliphatic rings. The van der Waals surface area contributed by atoms with Gasteiger partial charge in [0.05, 0.1) is 12.6 Å². The zero-order valence-corrected chi connectivity index (χ0v) is 12.1. The first-order valence-electron chi connectivity index (χ1n) is 7.02. The summed E-state index contributed by atoms with van der Waals surface area (Å²) in [6, 6.07) is 3.09. The van der Waals surface area contributed by atoms with Crippen LogP contribution in [0.25, 0.3) is 0 Å². The fourth-order valence-electron chi connectivity index (χ4n) is 2.36. The van der Waals surface area contributed by atoms with Crippen LogP contribution in [0.3, 0.4) is 0 Å². The predicted molar refractivity (Wildman–Crippen MR) is 72.8 cm³/mol. The first kappa shape index (κ1) is 16.4. The van der Waals surface area contributed by atoms with Crippen LogP contribution in [0, 0.1) is 11.6 Å². The summed E-state index contributed by atoms with van der Waals surface area (Å²) >= 11 is 0. The summed E-state index contributed by atoms with van der Waals surface area (Å²) in [6.45, 7) is 2.24. The molecular weight excluding hydrogens is 296 g/mol. The monoisotopic (exact) mass is 313 g/mol. The summed E-state index contributed by atoms with van der Waals surface area (Å²) in [6.07, 6.45) is -0.422. The maximum Gasteiger partial charge on any atom is 0.315 e. The Morgan fingerprint density at radius 3 is 2.82 bits per heavy atom. The molecule has 2 rings (SSSR count). The molecule has 1 heterocycles. The van der Waals surface area contributed by atoms with Crippen LogP contribution < -0.4 is 5.32 Å². The lowest BCUT2D eigenvalue weighted by atomic mass is 10.0. The van der Waals surface area contributed by atoms with Crippen LogP contribution in [0.5, 0.6) is 0 Å². The molecular formula is C15H17F2NO4. The SMILES string of the molecule is CCOC(=O)CC(=O)N[C@@H]1CCO[C@H]1c1ccc(F)c(F)c1. The van der Waals surface area contributed by atoms with Crippen molar-refractivity contribution in [2.75, 3.05) is 13.2 Å². The average Bonchev–Trinajstić information content (AvgIpc) is 2.90. The highest BCUT2D eigenvalue weighted by Gasteiger charge is 2.31. The van der Waals surface area contributed by atoms with Crippen molar-refractivity contribution in [2.24, 2.45) is 0 Å². The molecule has 0 saturated carbocycles. The van der Waals surface area contributed by atoms with Gasteiger partial charge in [-0.3, -0.25) is 9.59 Å². The lowest BCUT2D eigenvalue weighted by molar-refractivity contribution is -0.146. The zero-order valence-electron chi connectivity index (χ0n) is 12.1.